The van der Waals surface area contributed by atoms with Gasteiger partial charge in [-0.15, -0.1) is 0 Å². The number of allylic oxidation sites excluding steroid dienone is 6. The minimum atomic E-state index is -0.771. The summed E-state index contributed by atoms with van der Waals surface area (Å²) in [6.07, 6.45) is 73.1. The molecule has 0 N–H and O–H groups in total. The maximum atomic E-state index is 12.8. The molecule has 1 unspecified atom stereocenters. The fraction of sp³-hybridized carbons (Fsp3) is 0.862. The first-order valence-electron chi connectivity index (χ1n) is 31.5. The first-order chi connectivity index (χ1) is 35.0. The Morgan fingerprint density at radius 1 is 0.282 bits per heavy atom. The van der Waals surface area contributed by atoms with E-state index >= 15 is 0 Å². The highest BCUT2D eigenvalue weighted by molar-refractivity contribution is 5.71. The minimum absolute atomic E-state index is 0.0707. The number of unbranched alkanes of at least 4 members (excludes halogenated alkanes) is 41. The molecule has 0 fully saturated rings. The van der Waals surface area contributed by atoms with Crippen LogP contribution < -0.4 is 0 Å². The summed E-state index contributed by atoms with van der Waals surface area (Å²) in [4.78, 5) is 38.1. The van der Waals surface area contributed by atoms with E-state index in [4.69, 9.17) is 14.2 Å². The van der Waals surface area contributed by atoms with Gasteiger partial charge in [-0.3, -0.25) is 14.4 Å². The lowest BCUT2D eigenvalue weighted by Gasteiger charge is -2.18. The van der Waals surface area contributed by atoms with E-state index < -0.39 is 6.10 Å². The van der Waals surface area contributed by atoms with E-state index in [1.54, 1.807) is 0 Å². The summed E-state index contributed by atoms with van der Waals surface area (Å²) in [5.74, 6) is -0.862. The molecule has 0 aromatic carbocycles. The zero-order valence-corrected chi connectivity index (χ0v) is 47.8. The first kappa shape index (κ1) is 68.6. The molecule has 71 heavy (non-hydrogen) atoms. The van der Waals surface area contributed by atoms with Gasteiger partial charge in [0, 0.05) is 19.3 Å². The second-order valence-electron chi connectivity index (χ2n) is 21.3. The maximum absolute atomic E-state index is 12.8. The Morgan fingerprint density at radius 2 is 0.507 bits per heavy atom. The second kappa shape index (κ2) is 60.2. The summed E-state index contributed by atoms with van der Waals surface area (Å²) in [5.41, 5.74) is 0. The van der Waals surface area contributed by atoms with Crippen molar-refractivity contribution in [1.82, 2.24) is 0 Å². The second-order valence-corrected chi connectivity index (χ2v) is 21.3. The molecule has 0 aliphatic heterocycles. The molecule has 0 spiro atoms. The highest BCUT2D eigenvalue weighted by Crippen LogP contribution is 2.17. The summed E-state index contributed by atoms with van der Waals surface area (Å²) in [6, 6.07) is 0. The van der Waals surface area contributed by atoms with Crippen molar-refractivity contribution in [2.75, 3.05) is 13.2 Å². The van der Waals surface area contributed by atoms with Crippen LogP contribution in [0.5, 0.6) is 0 Å². The molecule has 0 aliphatic rings. The van der Waals surface area contributed by atoms with Crippen LogP contribution in [0.1, 0.15) is 342 Å². The highest BCUT2D eigenvalue weighted by atomic mass is 16.6. The molecule has 0 aromatic heterocycles. The van der Waals surface area contributed by atoms with Crippen molar-refractivity contribution < 1.29 is 28.6 Å². The van der Waals surface area contributed by atoms with Gasteiger partial charge in [-0.2, -0.15) is 0 Å². The van der Waals surface area contributed by atoms with Crippen molar-refractivity contribution in [2.24, 2.45) is 0 Å². The van der Waals surface area contributed by atoms with E-state index in [-0.39, 0.29) is 31.1 Å². The van der Waals surface area contributed by atoms with Gasteiger partial charge in [-0.25, -0.2) is 0 Å². The van der Waals surface area contributed by atoms with Gasteiger partial charge < -0.3 is 14.2 Å². The smallest absolute Gasteiger partial charge is 0.306 e. The standard InChI is InChI=1S/C65H120O6/c1-4-7-10-13-16-19-22-24-26-27-28-29-30-31-32-33-34-35-36-37-38-39-40-42-43-46-49-52-55-58-64(67)70-61-62(60-69-63(66)57-54-51-48-45-21-18-15-12-9-6-3)71-65(68)59-56-53-50-47-44-41-25-23-20-17-14-11-8-5-2/h22-25,27-28,62H,4-21,26,29-61H2,1-3H3/b24-22-,25-23-,28-27-. The van der Waals surface area contributed by atoms with E-state index in [0.717, 1.165) is 70.6 Å². The monoisotopic (exact) mass is 997 g/mol. The molecule has 416 valence electrons. The van der Waals surface area contributed by atoms with Crippen LogP contribution in [-0.4, -0.2) is 37.2 Å². The van der Waals surface area contributed by atoms with Crippen LogP contribution >= 0.6 is 0 Å². The zero-order chi connectivity index (χ0) is 51.4. The largest absolute Gasteiger partial charge is 0.462 e. The van der Waals surface area contributed by atoms with Gasteiger partial charge in [-0.1, -0.05) is 282 Å². The molecule has 6 nitrogen and oxygen atoms in total. The highest BCUT2D eigenvalue weighted by Gasteiger charge is 2.19. The number of ether oxygens (including phenoxy) is 3. The van der Waals surface area contributed by atoms with Gasteiger partial charge in [0.2, 0.25) is 0 Å². The fourth-order valence-electron chi connectivity index (χ4n) is 9.35. The molecule has 0 aromatic rings. The van der Waals surface area contributed by atoms with Gasteiger partial charge in [0.25, 0.3) is 0 Å². The third kappa shape index (κ3) is 58.4. The van der Waals surface area contributed by atoms with Crippen molar-refractivity contribution in [3.63, 3.8) is 0 Å². The van der Waals surface area contributed by atoms with Crippen molar-refractivity contribution >= 4 is 17.9 Å². The molecule has 0 rings (SSSR count). The van der Waals surface area contributed by atoms with Crippen LogP contribution in [0.25, 0.3) is 0 Å². The molecule has 1 atom stereocenters. The number of esters is 3. The Hall–Kier alpha value is -2.37. The Morgan fingerprint density at radius 3 is 0.789 bits per heavy atom. The molecule has 0 radical (unpaired) electrons. The fourth-order valence-corrected chi connectivity index (χ4v) is 9.35. The van der Waals surface area contributed by atoms with Crippen LogP contribution in [0.15, 0.2) is 36.5 Å². The number of rotatable bonds is 58. The number of hydrogen-bond donors (Lipinski definition) is 0. The Bertz CT molecular complexity index is 1190. The van der Waals surface area contributed by atoms with Gasteiger partial charge in [0.05, 0.1) is 0 Å². The van der Waals surface area contributed by atoms with E-state index in [2.05, 4.69) is 57.2 Å². The molecule has 0 amide bonds. The molecule has 0 saturated carbocycles. The molecular weight excluding hydrogens is 877 g/mol. The average molecular weight is 998 g/mol. The summed E-state index contributed by atoms with van der Waals surface area (Å²) >= 11 is 0. The van der Waals surface area contributed by atoms with Crippen molar-refractivity contribution in [1.29, 1.82) is 0 Å². The summed E-state index contributed by atoms with van der Waals surface area (Å²) in [6.45, 7) is 6.64. The van der Waals surface area contributed by atoms with Gasteiger partial charge in [0.1, 0.15) is 13.2 Å². The first-order valence-corrected chi connectivity index (χ1v) is 31.5. The third-order valence-corrected chi connectivity index (χ3v) is 14.1. The lowest BCUT2D eigenvalue weighted by Crippen LogP contribution is -2.30. The molecule has 0 heterocycles. The van der Waals surface area contributed by atoms with Crippen LogP contribution in [0.4, 0.5) is 0 Å². The van der Waals surface area contributed by atoms with Crippen molar-refractivity contribution in [2.45, 2.75) is 348 Å². The molecule has 0 aliphatic carbocycles. The Labute approximate surface area is 442 Å². The van der Waals surface area contributed by atoms with Gasteiger partial charge in [-0.05, 0) is 77.0 Å². The van der Waals surface area contributed by atoms with Crippen molar-refractivity contribution in [3.8, 4) is 0 Å². The van der Waals surface area contributed by atoms with E-state index in [9.17, 15) is 14.4 Å². The predicted octanol–water partition coefficient (Wildman–Crippen LogP) is 21.2. The van der Waals surface area contributed by atoms with Crippen LogP contribution in [0, 0.1) is 0 Å². The Kier molecular flexibility index (Phi) is 58.2. The summed E-state index contributed by atoms with van der Waals surface area (Å²) < 4.78 is 16.9. The number of carbonyl (C=O) groups is 3. The lowest BCUT2D eigenvalue weighted by molar-refractivity contribution is -0.167. The van der Waals surface area contributed by atoms with E-state index in [1.807, 2.05) is 0 Å². The summed E-state index contributed by atoms with van der Waals surface area (Å²) in [7, 11) is 0. The van der Waals surface area contributed by atoms with E-state index in [1.165, 1.54) is 231 Å². The number of carbonyl (C=O) groups excluding carboxylic acids is 3. The Balaban J connectivity index is 4.10. The van der Waals surface area contributed by atoms with Crippen molar-refractivity contribution in [3.05, 3.63) is 36.5 Å². The van der Waals surface area contributed by atoms with E-state index in [0.29, 0.717) is 19.3 Å². The van der Waals surface area contributed by atoms with Crippen LogP contribution in [-0.2, 0) is 28.6 Å². The van der Waals surface area contributed by atoms with Gasteiger partial charge in [0.15, 0.2) is 6.10 Å². The molecule has 0 bridgehead atoms. The zero-order valence-electron chi connectivity index (χ0n) is 47.8. The molecule has 0 saturated heterocycles. The molecule has 6 heteroatoms. The summed E-state index contributed by atoms with van der Waals surface area (Å²) in [5, 5.41) is 0. The lowest BCUT2D eigenvalue weighted by atomic mass is 10.0. The third-order valence-electron chi connectivity index (χ3n) is 14.1. The van der Waals surface area contributed by atoms with Crippen LogP contribution in [0.3, 0.4) is 0 Å². The molecular formula is C65H120O6. The topological polar surface area (TPSA) is 78.9 Å². The quantitative estimate of drug-likeness (QED) is 0.0261. The predicted molar refractivity (Wildman–Crippen MR) is 307 cm³/mol. The maximum Gasteiger partial charge on any atom is 0.306 e. The number of hydrogen-bond acceptors (Lipinski definition) is 6. The van der Waals surface area contributed by atoms with Crippen LogP contribution in [0.2, 0.25) is 0 Å². The normalized spacial score (nSPS) is 12.2. The average Bonchev–Trinajstić information content (AvgIpc) is 3.37. The SMILES string of the molecule is CCCCCCC/C=C\C/C=C\CCCCCCCCCCCCCCCCCCCC(=O)OCC(COC(=O)CCCCCCCCCCCC)OC(=O)CCCCCCC/C=C\CCCCCCC. The minimum Gasteiger partial charge on any atom is -0.462 e. The van der Waals surface area contributed by atoms with Gasteiger partial charge >= 0.3 is 17.9 Å².